The number of benzene rings is 2. The second kappa shape index (κ2) is 6.56. The van der Waals surface area contributed by atoms with Gasteiger partial charge in [-0.2, -0.15) is 0 Å². The van der Waals surface area contributed by atoms with Crippen LogP contribution in [0.15, 0.2) is 48.5 Å². The first-order chi connectivity index (χ1) is 10.1. The van der Waals surface area contributed by atoms with Gasteiger partial charge in [0.05, 0.1) is 18.6 Å². The summed E-state index contributed by atoms with van der Waals surface area (Å²) < 4.78 is 10.2. The topological polar surface area (TPSA) is 75.7 Å². The van der Waals surface area contributed by atoms with Crippen LogP contribution in [-0.4, -0.2) is 25.5 Å². The highest BCUT2D eigenvalue weighted by Gasteiger charge is 2.15. The molecule has 2 aromatic rings. The predicted octanol–water partition coefficient (Wildman–Crippen LogP) is 1.05. The number of aliphatic carboxylic acids is 1. The van der Waals surface area contributed by atoms with Crippen LogP contribution in [0.5, 0.6) is 11.5 Å². The summed E-state index contributed by atoms with van der Waals surface area (Å²) in [6, 6.07) is 13.3. The molecule has 0 fully saturated rings. The summed E-state index contributed by atoms with van der Waals surface area (Å²) in [6.45, 7) is -0.637. The quantitative estimate of drug-likeness (QED) is 0.742. The van der Waals surface area contributed by atoms with Crippen molar-refractivity contribution in [3.05, 3.63) is 59.7 Å². The summed E-state index contributed by atoms with van der Waals surface area (Å²) >= 11 is 0. The fourth-order valence-electron chi connectivity index (χ4n) is 1.82. The van der Waals surface area contributed by atoms with Gasteiger partial charge in [-0.05, 0) is 12.1 Å². The van der Waals surface area contributed by atoms with Crippen LogP contribution >= 0.6 is 0 Å². The van der Waals surface area contributed by atoms with Gasteiger partial charge < -0.3 is 19.4 Å². The van der Waals surface area contributed by atoms with E-state index in [9.17, 15) is 14.7 Å². The smallest absolute Gasteiger partial charge is 0.196 e. The Bertz CT molecular complexity index is 649. The Kier molecular flexibility index (Phi) is 4.56. The van der Waals surface area contributed by atoms with Gasteiger partial charge in [0.25, 0.3) is 0 Å². The van der Waals surface area contributed by atoms with Crippen molar-refractivity contribution in [1.29, 1.82) is 0 Å². The summed E-state index contributed by atoms with van der Waals surface area (Å²) in [6.07, 6.45) is 0. The lowest BCUT2D eigenvalue weighted by Gasteiger charge is -2.12. The number of ketones is 1. The SMILES string of the molecule is COc1ccc(C(=O)c2ccccc2)c(OCC(=O)[O-])c1. The third-order valence-electron chi connectivity index (χ3n) is 2.81. The molecule has 0 aliphatic heterocycles. The Hall–Kier alpha value is -2.82. The fraction of sp³-hybridized carbons (Fsp3) is 0.125. The maximum absolute atomic E-state index is 12.4. The van der Waals surface area contributed by atoms with Crippen LogP contribution in [-0.2, 0) is 4.79 Å². The summed E-state index contributed by atoms with van der Waals surface area (Å²) in [5, 5.41) is 10.5. The van der Waals surface area contributed by atoms with Crippen LogP contribution in [0.4, 0.5) is 0 Å². The van der Waals surface area contributed by atoms with Gasteiger partial charge in [-0.1, -0.05) is 30.3 Å². The molecule has 0 bridgehead atoms. The van der Waals surface area contributed by atoms with Crippen molar-refractivity contribution >= 4 is 11.8 Å². The van der Waals surface area contributed by atoms with Gasteiger partial charge in [0.2, 0.25) is 0 Å². The van der Waals surface area contributed by atoms with E-state index in [1.54, 1.807) is 42.5 Å². The van der Waals surface area contributed by atoms with Crippen LogP contribution < -0.4 is 14.6 Å². The van der Waals surface area contributed by atoms with Gasteiger partial charge in [-0.15, -0.1) is 0 Å². The molecule has 5 nitrogen and oxygen atoms in total. The molecule has 0 spiro atoms. The molecule has 0 heterocycles. The number of ether oxygens (including phenoxy) is 2. The highest BCUT2D eigenvalue weighted by atomic mass is 16.5. The minimum absolute atomic E-state index is 0.146. The Balaban J connectivity index is 2.37. The minimum atomic E-state index is -1.36. The predicted molar refractivity (Wildman–Crippen MR) is 73.4 cm³/mol. The number of carboxylic acids is 1. The molecule has 2 rings (SSSR count). The van der Waals surface area contributed by atoms with Crippen molar-refractivity contribution < 1.29 is 24.2 Å². The van der Waals surface area contributed by atoms with Gasteiger partial charge in [-0.3, -0.25) is 4.79 Å². The van der Waals surface area contributed by atoms with E-state index in [1.807, 2.05) is 0 Å². The average Bonchev–Trinajstić information content (AvgIpc) is 2.52. The molecule has 0 radical (unpaired) electrons. The summed E-state index contributed by atoms with van der Waals surface area (Å²) in [5.41, 5.74) is 0.754. The average molecular weight is 285 g/mol. The van der Waals surface area contributed by atoms with E-state index in [2.05, 4.69) is 0 Å². The van der Waals surface area contributed by atoms with E-state index in [1.165, 1.54) is 13.2 Å². The highest BCUT2D eigenvalue weighted by Crippen LogP contribution is 2.27. The maximum atomic E-state index is 12.4. The second-order valence-corrected chi connectivity index (χ2v) is 4.22. The van der Waals surface area contributed by atoms with Crippen molar-refractivity contribution in [2.75, 3.05) is 13.7 Å². The van der Waals surface area contributed by atoms with Crippen molar-refractivity contribution in [1.82, 2.24) is 0 Å². The second-order valence-electron chi connectivity index (χ2n) is 4.22. The van der Waals surface area contributed by atoms with Crippen molar-refractivity contribution in [2.24, 2.45) is 0 Å². The van der Waals surface area contributed by atoms with Gasteiger partial charge in [0.15, 0.2) is 5.78 Å². The highest BCUT2D eigenvalue weighted by molar-refractivity contribution is 6.10. The van der Waals surface area contributed by atoms with E-state index >= 15 is 0 Å². The van der Waals surface area contributed by atoms with Crippen molar-refractivity contribution in [2.45, 2.75) is 0 Å². The minimum Gasteiger partial charge on any atom is -0.546 e. The monoisotopic (exact) mass is 285 g/mol. The molecule has 108 valence electrons. The third-order valence-corrected chi connectivity index (χ3v) is 2.81. The van der Waals surface area contributed by atoms with Crippen LogP contribution in [0.1, 0.15) is 15.9 Å². The van der Waals surface area contributed by atoms with Crippen LogP contribution in [0, 0.1) is 0 Å². The number of hydrogen-bond acceptors (Lipinski definition) is 5. The molecule has 0 aliphatic carbocycles. The van der Waals surface area contributed by atoms with E-state index in [4.69, 9.17) is 9.47 Å². The number of carbonyl (C=O) groups is 2. The van der Waals surface area contributed by atoms with Gasteiger partial charge in [-0.25, -0.2) is 0 Å². The van der Waals surface area contributed by atoms with Crippen molar-refractivity contribution in [3.63, 3.8) is 0 Å². The molecule has 0 amide bonds. The van der Waals surface area contributed by atoms with Gasteiger partial charge in [0.1, 0.15) is 18.1 Å². The van der Waals surface area contributed by atoms with Gasteiger partial charge in [0, 0.05) is 11.6 Å². The summed E-state index contributed by atoms with van der Waals surface area (Å²) in [4.78, 5) is 23.0. The van der Waals surface area contributed by atoms with Crippen LogP contribution in [0.3, 0.4) is 0 Å². The Morgan fingerprint density at radius 3 is 2.43 bits per heavy atom. The zero-order valence-corrected chi connectivity index (χ0v) is 11.4. The van der Waals surface area contributed by atoms with E-state index in [-0.39, 0.29) is 17.1 Å². The lowest BCUT2D eigenvalue weighted by atomic mass is 10.0. The van der Waals surface area contributed by atoms with E-state index in [0.29, 0.717) is 11.3 Å². The number of carboxylic acid groups (broad SMARTS) is 1. The Morgan fingerprint density at radius 2 is 1.81 bits per heavy atom. The Morgan fingerprint density at radius 1 is 1.10 bits per heavy atom. The molecule has 21 heavy (non-hydrogen) atoms. The molecule has 0 saturated heterocycles. The zero-order valence-electron chi connectivity index (χ0n) is 11.4. The lowest BCUT2D eigenvalue weighted by molar-refractivity contribution is -0.307. The molecule has 2 aromatic carbocycles. The molecule has 0 unspecified atom stereocenters. The molecular weight excluding hydrogens is 272 g/mol. The summed E-state index contributed by atoms with van der Waals surface area (Å²) in [5.74, 6) is -1.01. The van der Waals surface area contributed by atoms with Crippen molar-refractivity contribution in [3.8, 4) is 11.5 Å². The maximum Gasteiger partial charge on any atom is 0.196 e. The molecular formula is C16H13O5-. The molecule has 0 aromatic heterocycles. The number of rotatable bonds is 6. The normalized spacial score (nSPS) is 9.95. The van der Waals surface area contributed by atoms with Gasteiger partial charge >= 0.3 is 0 Å². The van der Waals surface area contributed by atoms with E-state index < -0.39 is 12.6 Å². The fourth-order valence-corrected chi connectivity index (χ4v) is 1.82. The summed E-state index contributed by atoms with van der Waals surface area (Å²) in [7, 11) is 1.47. The molecule has 0 aliphatic rings. The lowest BCUT2D eigenvalue weighted by Crippen LogP contribution is -2.29. The standard InChI is InChI=1S/C16H14O5/c1-20-12-7-8-13(14(9-12)21-10-15(17)18)16(19)11-5-3-2-4-6-11/h2-9H,10H2,1H3,(H,17,18)/p-1. The zero-order chi connectivity index (χ0) is 15.2. The molecule has 0 saturated carbocycles. The number of methoxy groups -OCH3 is 1. The number of carbonyl (C=O) groups excluding carboxylic acids is 2. The van der Waals surface area contributed by atoms with Crippen LogP contribution in [0.2, 0.25) is 0 Å². The molecule has 5 heteroatoms. The first kappa shape index (κ1) is 14.6. The van der Waals surface area contributed by atoms with E-state index in [0.717, 1.165) is 0 Å². The first-order valence-electron chi connectivity index (χ1n) is 6.22. The number of hydrogen-bond donors (Lipinski definition) is 0. The Labute approximate surface area is 121 Å². The third kappa shape index (κ3) is 3.60. The largest absolute Gasteiger partial charge is 0.546 e. The molecule has 0 atom stereocenters. The first-order valence-corrected chi connectivity index (χ1v) is 6.22. The molecule has 0 N–H and O–H groups in total. The van der Waals surface area contributed by atoms with Crippen LogP contribution in [0.25, 0.3) is 0 Å².